The van der Waals surface area contributed by atoms with Gasteiger partial charge in [-0.05, 0) is 55.4 Å². The molecule has 5 rings (SSSR count). The van der Waals surface area contributed by atoms with Gasteiger partial charge in [-0.25, -0.2) is 4.99 Å². The molecule has 2 aromatic rings. The Hall–Kier alpha value is -3.41. The number of benzene rings is 2. The molecule has 2 fully saturated rings. The Labute approximate surface area is 200 Å². The lowest BCUT2D eigenvalue weighted by atomic mass is 10.0. The summed E-state index contributed by atoms with van der Waals surface area (Å²) in [5.41, 5.74) is 10.1. The standard InChI is InChI=1S/C28H32N4O2/c1-2-12-32(17-18-8-9-18)28(34)22-13-20-10-11-21(14-24(20)30-26(29)15-22)27(33)31-25-16-23(25)19-6-4-3-5-7-19/h3-7,10-11,13-14,18,23,25H,2,8-9,12,15-17H2,1H3,(H2,29,30)(H,31,33)/t23-,25+/m0/s1. The third kappa shape index (κ3) is 5.06. The maximum Gasteiger partial charge on any atom is 0.251 e. The van der Waals surface area contributed by atoms with Gasteiger partial charge in [0.05, 0.1) is 5.69 Å². The molecule has 0 spiro atoms. The van der Waals surface area contributed by atoms with Crippen LogP contribution in [0.25, 0.3) is 6.08 Å². The van der Waals surface area contributed by atoms with Crippen LogP contribution in [0.1, 0.15) is 66.4 Å². The molecule has 0 aromatic heterocycles. The first-order valence-corrected chi connectivity index (χ1v) is 12.3. The van der Waals surface area contributed by atoms with E-state index in [2.05, 4.69) is 29.4 Å². The lowest BCUT2D eigenvalue weighted by molar-refractivity contribution is -0.127. The molecule has 1 aliphatic heterocycles. The van der Waals surface area contributed by atoms with E-state index < -0.39 is 0 Å². The van der Waals surface area contributed by atoms with Crippen molar-refractivity contribution < 1.29 is 9.59 Å². The van der Waals surface area contributed by atoms with Crippen molar-refractivity contribution >= 4 is 29.4 Å². The fraction of sp³-hybridized carbons (Fsp3) is 0.393. The fourth-order valence-corrected chi connectivity index (χ4v) is 4.70. The minimum absolute atomic E-state index is 0.0438. The monoisotopic (exact) mass is 456 g/mol. The number of fused-ring (bicyclic) bond motifs is 1. The van der Waals surface area contributed by atoms with E-state index in [0.29, 0.717) is 40.9 Å². The molecule has 3 aliphatic rings. The first-order valence-electron chi connectivity index (χ1n) is 12.3. The summed E-state index contributed by atoms with van der Waals surface area (Å²) < 4.78 is 0. The first kappa shape index (κ1) is 22.4. The van der Waals surface area contributed by atoms with Gasteiger partial charge in [-0.2, -0.15) is 0 Å². The third-order valence-corrected chi connectivity index (χ3v) is 6.82. The van der Waals surface area contributed by atoms with Crippen LogP contribution in [0.4, 0.5) is 5.69 Å². The van der Waals surface area contributed by atoms with Crippen LogP contribution in [-0.2, 0) is 4.79 Å². The molecule has 6 nitrogen and oxygen atoms in total. The van der Waals surface area contributed by atoms with Gasteiger partial charge >= 0.3 is 0 Å². The summed E-state index contributed by atoms with van der Waals surface area (Å²) in [6.45, 7) is 3.66. The van der Waals surface area contributed by atoms with Gasteiger partial charge < -0.3 is 16.0 Å². The van der Waals surface area contributed by atoms with Crippen molar-refractivity contribution in [2.45, 2.75) is 51.0 Å². The molecule has 2 aromatic carbocycles. The number of hydrogen-bond donors (Lipinski definition) is 2. The van der Waals surface area contributed by atoms with Gasteiger partial charge in [0.1, 0.15) is 5.84 Å². The van der Waals surface area contributed by atoms with Gasteiger partial charge in [-0.3, -0.25) is 9.59 Å². The van der Waals surface area contributed by atoms with Crippen molar-refractivity contribution in [3.63, 3.8) is 0 Å². The fourth-order valence-electron chi connectivity index (χ4n) is 4.70. The number of amides is 2. The molecule has 176 valence electrons. The smallest absolute Gasteiger partial charge is 0.251 e. The lowest BCUT2D eigenvalue weighted by Gasteiger charge is -2.23. The van der Waals surface area contributed by atoms with Crippen LogP contribution in [0, 0.1) is 5.92 Å². The molecule has 1 heterocycles. The number of nitrogens with zero attached hydrogens (tertiary/aromatic N) is 2. The zero-order valence-corrected chi connectivity index (χ0v) is 19.7. The van der Waals surface area contributed by atoms with Crippen LogP contribution in [0.2, 0.25) is 0 Å². The van der Waals surface area contributed by atoms with Crippen LogP contribution in [0.3, 0.4) is 0 Å². The number of aliphatic imine (C=N–C) groups is 1. The summed E-state index contributed by atoms with van der Waals surface area (Å²) in [7, 11) is 0. The average Bonchev–Trinajstić information content (AvgIpc) is 3.75. The quantitative estimate of drug-likeness (QED) is 0.617. The van der Waals surface area contributed by atoms with Crippen LogP contribution in [-0.4, -0.2) is 41.7 Å². The zero-order valence-electron chi connectivity index (χ0n) is 19.7. The van der Waals surface area contributed by atoms with Gasteiger partial charge in [0.15, 0.2) is 0 Å². The van der Waals surface area contributed by atoms with E-state index in [-0.39, 0.29) is 17.9 Å². The Morgan fingerprint density at radius 3 is 2.68 bits per heavy atom. The second kappa shape index (κ2) is 9.45. The molecule has 6 heteroatoms. The molecule has 0 saturated heterocycles. The van der Waals surface area contributed by atoms with E-state index >= 15 is 0 Å². The van der Waals surface area contributed by atoms with E-state index in [4.69, 9.17) is 5.73 Å². The molecule has 0 unspecified atom stereocenters. The summed E-state index contributed by atoms with van der Waals surface area (Å²) in [6.07, 6.45) is 6.50. The molecule has 2 aliphatic carbocycles. The van der Waals surface area contributed by atoms with Crippen LogP contribution >= 0.6 is 0 Å². The van der Waals surface area contributed by atoms with Crippen molar-refractivity contribution in [2.24, 2.45) is 16.6 Å². The zero-order chi connectivity index (χ0) is 23.7. The minimum atomic E-state index is -0.108. The molecule has 34 heavy (non-hydrogen) atoms. The van der Waals surface area contributed by atoms with E-state index in [1.54, 1.807) is 12.1 Å². The number of carbonyl (C=O) groups is 2. The maximum atomic E-state index is 13.3. The number of nitrogens with one attached hydrogen (secondary N) is 1. The molecule has 0 bridgehead atoms. The van der Waals surface area contributed by atoms with Gasteiger partial charge in [0.25, 0.3) is 5.91 Å². The Kier molecular flexibility index (Phi) is 6.22. The predicted molar refractivity (Wildman–Crippen MR) is 135 cm³/mol. The number of hydrogen-bond acceptors (Lipinski definition) is 4. The van der Waals surface area contributed by atoms with E-state index in [9.17, 15) is 9.59 Å². The van der Waals surface area contributed by atoms with Crippen molar-refractivity contribution in [3.05, 3.63) is 70.8 Å². The highest BCUT2D eigenvalue weighted by Gasteiger charge is 2.39. The Bertz CT molecular complexity index is 1150. The number of nitrogens with two attached hydrogens (primary N) is 1. The van der Waals surface area contributed by atoms with Gasteiger partial charge in [-0.1, -0.05) is 43.3 Å². The molecule has 0 radical (unpaired) electrons. The predicted octanol–water partition coefficient (Wildman–Crippen LogP) is 4.40. The van der Waals surface area contributed by atoms with Gasteiger partial charge in [0.2, 0.25) is 5.91 Å². The van der Waals surface area contributed by atoms with E-state index in [1.165, 1.54) is 18.4 Å². The van der Waals surface area contributed by atoms with Crippen LogP contribution < -0.4 is 11.1 Å². The topological polar surface area (TPSA) is 87.8 Å². The molecule has 2 atom stereocenters. The van der Waals surface area contributed by atoms with E-state index in [1.807, 2.05) is 35.2 Å². The van der Waals surface area contributed by atoms with Gasteiger partial charge in [0, 0.05) is 48.2 Å². The summed E-state index contributed by atoms with van der Waals surface area (Å²) in [5, 5.41) is 3.14. The highest BCUT2D eigenvalue weighted by molar-refractivity contribution is 6.06. The first-order chi connectivity index (χ1) is 16.5. The average molecular weight is 457 g/mol. The summed E-state index contributed by atoms with van der Waals surface area (Å²) in [4.78, 5) is 32.7. The SMILES string of the molecule is CCCN(CC1CC1)C(=O)C1=Cc2ccc(C(=O)N[C@@H]3C[C@H]3c3ccccc3)cc2N=C(N)C1. The van der Waals surface area contributed by atoms with Crippen LogP contribution in [0.15, 0.2) is 59.1 Å². The summed E-state index contributed by atoms with van der Waals surface area (Å²) >= 11 is 0. The highest BCUT2D eigenvalue weighted by Crippen LogP contribution is 2.41. The Balaban J connectivity index is 1.31. The second-order valence-corrected chi connectivity index (χ2v) is 9.75. The maximum absolute atomic E-state index is 13.3. The van der Waals surface area contributed by atoms with Crippen molar-refractivity contribution in [1.82, 2.24) is 10.2 Å². The normalized spacial score (nSPS) is 21.0. The molecule has 2 saturated carbocycles. The van der Waals surface area contributed by atoms with Crippen molar-refractivity contribution in [1.29, 1.82) is 0 Å². The van der Waals surface area contributed by atoms with E-state index in [0.717, 1.165) is 31.5 Å². The third-order valence-electron chi connectivity index (χ3n) is 6.82. The molecule has 3 N–H and O–H groups in total. The minimum Gasteiger partial charge on any atom is -0.387 e. The van der Waals surface area contributed by atoms with Crippen molar-refractivity contribution in [3.8, 4) is 0 Å². The number of amidine groups is 1. The lowest BCUT2D eigenvalue weighted by Crippen LogP contribution is -2.35. The molecular weight excluding hydrogens is 424 g/mol. The van der Waals surface area contributed by atoms with Crippen LogP contribution in [0.5, 0.6) is 0 Å². The van der Waals surface area contributed by atoms with Gasteiger partial charge in [-0.15, -0.1) is 0 Å². The summed E-state index contributed by atoms with van der Waals surface area (Å²) in [6, 6.07) is 15.9. The molecular formula is C28H32N4O2. The highest BCUT2D eigenvalue weighted by atomic mass is 16.2. The summed E-state index contributed by atoms with van der Waals surface area (Å²) in [5.74, 6) is 1.34. The number of carbonyl (C=O) groups excluding carboxylic acids is 2. The Morgan fingerprint density at radius 2 is 1.94 bits per heavy atom. The largest absolute Gasteiger partial charge is 0.387 e. The number of rotatable bonds is 8. The molecule has 2 amide bonds. The Morgan fingerprint density at radius 1 is 1.15 bits per heavy atom. The van der Waals surface area contributed by atoms with Crippen molar-refractivity contribution in [2.75, 3.05) is 13.1 Å². The second-order valence-electron chi connectivity index (χ2n) is 9.75.